The van der Waals surface area contributed by atoms with Crippen LogP contribution in [-0.4, -0.2) is 5.91 Å². The molecule has 2 rings (SSSR count). The molecule has 0 spiro atoms. The predicted molar refractivity (Wildman–Crippen MR) is 57.9 cm³/mol. The van der Waals surface area contributed by atoms with Gasteiger partial charge in [0.15, 0.2) is 0 Å². The Hall–Kier alpha value is -1.83. The molecule has 0 bridgehead atoms. The third-order valence-corrected chi connectivity index (χ3v) is 2.19. The Labute approximate surface area is 82.9 Å². The van der Waals surface area contributed by atoms with Crippen molar-refractivity contribution in [3.63, 3.8) is 0 Å². The van der Waals surface area contributed by atoms with Crippen molar-refractivity contribution in [1.82, 2.24) is 0 Å². The Morgan fingerprint density at radius 1 is 1.21 bits per heavy atom. The molecule has 1 aliphatic rings. The van der Waals surface area contributed by atoms with Gasteiger partial charge in [0.05, 0.1) is 0 Å². The first-order valence-electron chi connectivity index (χ1n) is 4.53. The van der Waals surface area contributed by atoms with Crippen molar-refractivity contribution >= 4 is 17.7 Å². The SMILES string of the molecule is CC1=CC=Cc2ccccc2NC1=O. The maximum atomic E-state index is 11.5. The summed E-state index contributed by atoms with van der Waals surface area (Å²) in [4.78, 5) is 11.5. The number of benzene rings is 1. The van der Waals surface area contributed by atoms with E-state index in [-0.39, 0.29) is 5.91 Å². The van der Waals surface area contributed by atoms with E-state index in [1.54, 1.807) is 6.92 Å². The second kappa shape index (κ2) is 3.50. The number of anilines is 1. The van der Waals surface area contributed by atoms with Gasteiger partial charge in [0.1, 0.15) is 0 Å². The summed E-state index contributed by atoms with van der Waals surface area (Å²) in [6.07, 6.45) is 5.69. The number of hydrogen-bond donors (Lipinski definition) is 1. The quantitative estimate of drug-likeness (QED) is 0.661. The Balaban J connectivity index is 2.49. The van der Waals surface area contributed by atoms with Crippen LogP contribution in [0.25, 0.3) is 6.08 Å². The van der Waals surface area contributed by atoms with Crippen LogP contribution in [-0.2, 0) is 4.79 Å². The lowest BCUT2D eigenvalue weighted by Gasteiger charge is -2.10. The van der Waals surface area contributed by atoms with Gasteiger partial charge in [0.2, 0.25) is 0 Å². The number of hydrogen-bond acceptors (Lipinski definition) is 1. The number of nitrogens with one attached hydrogen (secondary N) is 1. The van der Waals surface area contributed by atoms with E-state index in [2.05, 4.69) is 5.32 Å². The lowest BCUT2D eigenvalue weighted by atomic mass is 10.1. The highest BCUT2D eigenvalue weighted by Crippen LogP contribution is 2.19. The van der Waals surface area contributed by atoms with E-state index in [0.717, 1.165) is 16.8 Å². The van der Waals surface area contributed by atoms with Gasteiger partial charge >= 0.3 is 0 Å². The molecule has 14 heavy (non-hydrogen) atoms. The van der Waals surface area contributed by atoms with Crippen LogP contribution < -0.4 is 5.32 Å². The van der Waals surface area contributed by atoms with Crippen LogP contribution in [0.4, 0.5) is 5.69 Å². The molecule has 1 aromatic rings. The highest BCUT2D eigenvalue weighted by molar-refractivity contribution is 6.05. The van der Waals surface area contributed by atoms with Gasteiger partial charge in [-0.05, 0) is 18.6 Å². The summed E-state index contributed by atoms with van der Waals surface area (Å²) in [7, 11) is 0. The Kier molecular flexibility index (Phi) is 2.19. The Morgan fingerprint density at radius 2 is 2.00 bits per heavy atom. The van der Waals surface area contributed by atoms with Gasteiger partial charge in [0.25, 0.3) is 5.91 Å². The van der Waals surface area contributed by atoms with Gasteiger partial charge in [-0.15, -0.1) is 0 Å². The van der Waals surface area contributed by atoms with Crippen molar-refractivity contribution < 1.29 is 4.79 Å². The minimum absolute atomic E-state index is 0.0400. The molecular formula is C12H11NO. The molecule has 1 aliphatic heterocycles. The second-order valence-corrected chi connectivity index (χ2v) is 3.25. The van der Waals surface area contributed by atoms with E-state index in [4.69, 9.17) is 0 Å². The topological polar surface area (TPSA) is 29.1 Å². The number of para-hydroxylation sites is 1. The zero-order valence-corrected chi connectivity index (χ0v) is 7.95. The van der Waals surface area contributed by atoms with Gasteiger partial charge in [-0.3, -0.25) is 4.79 Å². The van der Waals surface area contributed by atoms with E-state index in [0.29, 0.717) is 0 Å². The van der Waals surface area contributed by atoms with Crippen molar-refractivity contribution in [3.8, 4) is 0 Å². The fourth-order valence-electron chi connectivity index (χ4n) is 1.35. The predicted octanol–water partition coefficient (Wildman–Crippen LogP) is 2.60. The average Bonchev–Trinajstić information content (AvgIpc) is 2.18. The van der Waals surface area contributed by atoms with Gasteiger partial charge in [-0.1, -0.05) is 36.4 Å². The molecule has 0 unspecified atom stereocenters. The molecule has 0 radical (unpaired) electrons. The van der Waals surface area contributed by atoms with Crippen LogP contribution in [0.15, 0.2) is 42.0 Å². The molecule has 2 nitrogen and oxygen atoms in total. The fraction of sp³-hybridized carbons (Fsp3) is 0.0833. The molecule has 1 heterocycles. The number of carbonyl (C=O) groups excluding carboxylic acids is 1. The maximum Gasteiger partial charge on any atom is 0.251 e. The van der Waals surface area contributed by atoms with Gasteiger partial charge in [-0.2, -0.15) is 0 Å². The zero-order chi connectivity index (χ0) is 9.97. The van der Waals surface area contributed by atoms with Crippen molar-refractivity contribution in [2.75, 3.05) is 5.32 Å². The lowest BCUT2D eigenvalue weighted by molar-refractivity contribution is -0.112. The first-order valence-corrected chi connectivity index (χ1v) is 4.53. The summed E-state index contributed by atoms with van der Waals surface area (Å²) < 4.78 is 0. The highest BCUT2D eigenvalue weighted by Gasteiger charge is 2.07. The Morgan fingerprint density at radius 3 is 2.86 bits per heavy atom. The largest absolute Gasteiger partial charge is 0.322 e. The third kappa shape index (κ3) is 1.59. The lowest BCUT2D eigenvalue weighted by Crippen LogP contribution is -2.13. The minimum atomic E-state index is -0.0400. The summed E-state index contributed by atoms with van der Waals surface area (Å²) in [5.74, 6) is -0.0400. The summed E-state index contributed by atoms with van der Waals surface area (Å²) in [5, 5.41) is 2.85. The van der Waals surface area contributed by atoms with Crippen LogP contribution in [0.2, 0.25) is 0 Å². The standard InChI is InChI=1S/C12H11NO/c1-9-5-4-7-10-6-2-3-8-11(10)13-12(9)14/h2-8H,1H3,(H,13,14). The van der Waals surface area contributed by atoms with Crippen LogP contribution in [0, 0.1) is 0 Å². The molecule has 0 atom stereocenters. The molecular weight excluding hydrogens is 174 g/mol. The monoisotopic (exact) mass is 185 g/mol. The summed E-state index contributed by atoms with van der Waals surface area (Å²) in [6.45, 7) is 1.80. The first-order chi connectivity index (χ1) is 6.77. The molecule has 70 valence electrons. The second-order valence-electron chi connectivity index (χ2n) is 3.25. The van der Waals surface area contributed by atoms with Crippen LogP contribution in [0.3, 0.4) is 0 Å². The highest BCUT2D eigenvalue weighted by atomic mass is 16.1. The molecule has 0 aliphatic carbocycles. The molecule has 1 N–H and O–H groups in total. The van der Waals surface area contributed by atoms with E-state index < -0.39 is 0 Å². The number of fused-ring (bicyclic) bond motifs is 1. The first kappa shape index (κ1) is 8.75. The van der Waals surface area contributed by atoms with Crippen molar-refractivity contribution in [1.29, 1.82) is 0 Å². The van der Waals surface area contributed by atoms with E-state index in [9.17, 15) is 4.79 Å². The van der Waals surface area contributed by atoms with Gasteiger partial charge < -0.3 is 5.32 Å². The smallest absolute Gasteiger partial charge is 0.251 e. The molecule has 2 heteroatoms. The van der Waals surface area contributed by atoms with Crippen LogP contribution in [0.5, 0.6) is 0 Å². The van der Waals surface area contributed by atoms with Crippen molar-refractivity contribution in [2.24, 2.45) is 0 Å². The Bertz CT molecular complexity index is 430. The molecule has 0 fully saturated rings. The van der Waals surface area contributed by atoms with Crippen LogP contribution >= 0.6 is 0 Å². The van der Waals surface area contributed by atoms with Gasteiger partial charge in [-0.25, -0.2) is 0 Å². The number of amides is 1. The number of carbonyl (C=O) groups is 1. The molecule has 0 saturated heterocycles. The molecule has 1 aromatic carbocycles. The summed E-state index contributed by atoms with van der Waals surface area (Å²) in [6, 6.07) is 7.73. The minimum Gasteiger partial charge on any atom is -0.322 e. The normalized spacial score (nSPS) is 14.9. The molecule has 0 aromatic heterocycles. The van der Waals surface area contributed by atoms with Crippen LogP contribution in [0.1, 0.15) is 12.5 Å². The average molecular weight is 185 g/mol. The third-order valence-electron chi connectivity index (χ3n) is 2.19. The van der Waals surface area contributed by atoms with Crippen molar-refractivity contribution in [3.05, 3.63) is 47.6 Å². The zero-order valence-electron chi connectivity index (χ0n) is 7.95. The van der Waals surface area contributed by atoms with Gasteiger partial charge in [0, 0.05) is 11.3 Å². The van der Waals surface area contributed by atoms with E-state index in [1.807, 2.05) is 42.5 Å². The van der Waals surface area contributed by atoms with Crippen molar-refractivity contribution in [2.45, 2.75) is 6.92 Å². The van der Waals surface area contributed by atoms with E-state index >= 15 is 0 Å². The summed E-state index contributed by atoms with van der Waals surface area (Å²) in [5.41, 5.74) is 2.61. The molecule has 1 amide bonds. The number of allylic oxidation sites excluding steroid dienone is 2. The fourth-order valence-corrected chi connectivity index (χ4v) is 1.35. The molecule has 0 saturated carbocycles. The number of rotatable bonds is 0. The van der Waals surface area contributed by atoms with E-state index in [1.165, 1.54) is 0 Å². The maximum absolute atomic E-state index is 11.5. The summed E-state index contributed by atoms with van der Waals surface area (Å²) >= 11 is 0.